The molecule has 3 aromatic rings. The molecule has 0 bridgehead atoms. The van der Waals surface area contributed by atoms with Crippen molar-refractivity contribution in [1.82, 2.24) is 10.2 Å². The third-order valence-corrected chi connectivity index (χ3v) is 5.90. The molecule has 1 N–H and O–H groups in total. The van der Waals surface area contributed by atoms with Crippen LogP contribution in [-0.4, -0.2) is 29.3 Å². The zero-order valence-corrected chi connectivity index (χ0v) is 19.4. The van der Waals surface area contributed by atoms with Crippen molar-refractivity contribution < 1.29 is 9.59 Å². The van der Waals surface area contributed by atoms with Crippen LogP contribution in [0.25, 0.3) is 0 Å². The molecular weight excluding hydrogens is 443 g/mol. The first-order valence-corrected chi connectivity index (χ1v) is 11.3. The minimum Gasteiger partial charge on any atom is -0.355 e. The standard InChI is InChI=1S/C26H26Cl2N2O2/c1-2-29-26(32)24(16-19-9-5-3-6-10-19)30(18-21-13-14-22(27)23(28)15-21)25(31)17-20-11-7-4-8-12-20/h3-15,24H,2,16-18H2,1H3,(H,29,32)/t24-/m0/s1. The molecule has 0 heterocycles. The molecular formula is C26H26Cl2N2O2. The SMILES string of the molecule is CCNC(=O)[C@H](Cc1ccccc1)N(Cc1ccc(Cl)c(Cl)c1)C(=O)Cc1ccccc1. The average Bonchev–Trinajstić information content (AvgIpc) is 2.80. The zero-order chi connectivity index (χ0) is 22.9. The lowest BCUT2D eigenvalue weighted by molar-refractivity contribution is -0.140. The predicted molar refractivity (Wildman–Crippen MR) is 130 cm³/mol. The van der Waals surface area contributed by atoms with E-state index in [1.165, 1.54) is 0 Å². The van der Waals surface area contributed by atoms with Crippen molar-refractivity contribution >= 4 is 35.0 Å². The number of likely N-dealkylation sites (N-methyl/N-ethyl adjacent to an activating group) is 1. The molecule has 0 spiro atoms. The first-order valence-electron chi connectivity index (χ1n) is 10.6. The largest absolute Gasteiger partial charge is 0.355 e. The molecule has 0 aliphatic heterocycles. The number of carbonyl (C=O) groups is 2. The Morgan fingerprint density at radius 3 is 2.06 bits per heavy atom. The van der Waals surface area contributed by atoms with E-state index in [-0.39, 0.29) is 24.8 Å². The number of nitrogens with one attached hydrogen (secondary N) is 1. The van der Waals surface area contributed by atoms with E-state index in [4.69, 9.17) is 23.2 Å². The summed E-state index contributed by atoms with van der Waals surface area (Å²) < 4.78 is 0. The molecule has 3 rings (SSSR count). The second-order valence-electron chi connectivity index (χ2n) is 7.53. The number of hydrogen-bond acceptors (Lipinski definition) is 2. The quantitative estimate of drug-likeness (QED) is 0.462. The fourth-order valence-electron chi connectivity index (χ4n) is 3.55. The highest BCUT2D eigenvalue weighted by atomic mass is 35.5. The summed E-state index contributed by atoms with van der Waals surface area (Å²) in [6.45, 7) is 2.60. The van der Waals surface area contributed by atoms with Crippen LogP contribution in [0.1, 0.15) is 23.6 Å². The second kappa shape index (κ2) is 11.7. The van der Waals surface area contributed by atoms with Gasteiger partial charge in [0, 0.05) is 19.5 Å². The van der Waals surface area contributed by atoms with Crippen molar-refractivity contribution in [1.29, 1.82) is 0 Å². The third kappa shape index (κ3) is 6.59. The van der Waals surface area contributed by atoms with E-state index < -0.39 is 6.04 Å². The van der Waals surface area contributed by atoms with Crippen molar-refractivity contribution in [2.24, 2.45) is 0 Å². The molecule has 1 atom stereocenters. The molecule has 0 saturated carbocycles. The summed E-state index contributed by atoms with van der Waals surface area (Å²) >= 11 is 12.3. The van der Waals surface area contributed by atoms with Gasteiger partial charge in [0.05, 0.1) is 16.5 Å². The summed E-state index contributed by atoms with van der Waals surface area (Å²) in [6, 6.07) is 23.9. The van der Waals surface area contributed by atoms with Crippen molar-refractivity contribution in [2.45, 2.75) is 32.4 Å². The van der Waals surface area contributed by atoms with E-state index in [0.29, 0.717) is 23.0 Å². The second-order valence-corrected chi connectivity index (χ2v) is 8.35. The predicted octanol–water partition coefficient (Wildman–Crippen LogP) is 5.31. The van der Waals surface area contributed by atoms with Crippen LogP contribution in [0, 0.1) is 0 Å². The van der Waals surface area contributed by atoms with E-state index >= 15 is 0 Å². The lowest BCUT2D eigenvalue weighted by atomic mass is 10.0. The molecule has 0 radical (unpaired) electrons. The Balaban J connectivity index is 1.96. The van der Waals surface area contributed by atoms with Gasteiger partial charge >= 0.3 is 0 Å². The molecule has 166 valence electrons. The summed E-state index contributed by atoms with van der Waals surface area (Å²) in [5.74, 6) is -0.313. The monoisotopic (exact) mass is 468 g/mol. The Kier molecular flexibility index (Phi) is 8.72. The summed E-state index contributed by atoms with van der Waals surface area (Å²) in [6.07, 6.45) is 0.612. The van der Waals surface area contributed by atoms with Crippen molar-refractivity contribution in [3.63, 3.8) is 0 Å². The molecule has 0 aliphatic rings. The number of nitrogens with zero attached hydrogens (tertiary/aromatic N) is 1. The Morgan fingerprint density at radius 1 is 0.844 bits per heavy atom. The Labute approximate surface area is 199 Å². The van der Waals surface area contributed by atoms with Crippen LogP contribution in [0.15, 0.2) is 78.9 Å². The van der Waals surface area contributed by atoms with Crippen LogP contribution < -0.4 is 5.32 Å². The van der Waals surface area contributed by atoms with Gasteiger partial charge in [-0.2, -0.15) is 0 Å². The van der Waals surface area contributed by atoms with Gasteiger partial charge in [-0.25, -0.2) is 0 Å². The highest BCUT2D eigenvalue weighted by Gasteiger charge is 2.30. The molecule has 0 fully saturated rings. The minimum atomic E-state index is -0.664. The Morgan fingerprint density at radius 2 is 1.47 bits per heavy atom. The molecule has 6 heteroatoms. The van der Waals surface area contributed by atoms with Gasteiger partial charge in [0.2, 0.25) is 11.8 Å². The van der Waals surface area contributed by atoms with Crippen LogP contribution in [0.3, 0.4) is 0 Å². The van der Waals surface area contributed by atoms with Gasteiger partial charge in [-0.05, 0) is 35.7 Å². The van der Waals surface area contributed by atoms with Gasteiger partial charge in [-0.3, -0.25) is 9.59 Å². The summed E-state index contributed by atoms with van der Waals surface area (Å²) in [7, 11) is 0. The van der Waals surface area contributed by atoms with Crippen molar-refractivity contribution in [2.75, 3.05) is 6.54 Å². The van der Waals surface area contributed by atoms with Crippen LogP contribution in [0.5, 0.6) is 0 Å². The molecule has 4 nitrogen and oxygen atoms in total. The lowest BCUT2D eigenvalue weighted by Crippen LogP contribution is -2.50. The lowest BCUT2D eigenvalue weighted by Gasteiger charge is -2.31. The highest BCUT2D eigenvalue weighted by Crippen LogP contribution is 2.24. The van der Waals surface area contributed by atoms with Crippen molar-refractivity contribution in [3.05, 3.63) is 106 Å². The molecule has 0 saturated heterocycles. The maximum atomic E-state index is 13.5. The molecule has 2 amide bonds. The summed E-state index contributed by atoms with van der Waals surface area (Å²) in [5.41, 5.74) is 2.68. The Bertz CT molecular complexity index is 1040. The normalized spacial score (nSPS) is 11.6. The van der Waals surface area contributed by atoms with Crippen LogP contribution in [-0.2, 0) is 29.0 Å². The number of carbonyl (C=O) groups excluding carboxylic acids is 2. The number of benzene rings is 3. The Hall–Kier alpha value is -2.82. The zero-order valence-electron chi connectivity index (χ0n) is 17.9. The molecule has 0 aliphatic carbocycles. The number of halogens is 2. The summed E-state index contributed by atoms with van der Waals surface area (Å²) in [4.78, 5) is 28.2. The third-order valence-electron chi connectivity index (χ3n) is 5.16. The molecule has 32 heavy (non-hydrogen) atoms. The van der Waals surface area contributed by atoms with Gasteiger partial charge in [-0.15, -0.1) is 0 Å². The van der Waals surface area contributed by atoms with E-state index in [1.54, 1.807) is 17.0 Å². The van der Waals surface area contributed by atoms with E-state index in [1.807, 2.05) is 73.7 Å². The van der Waals surface area contributed by atoms with Gasteiger partial charge in [0.25, 0.3) is 0 Å². The topological polar surface area (TPSA) is 49.4 Å². The molecule has 0 aromatic heterocycles. The van der Waals surface area contributed by atoms with E-state index in [2.05, 4.69) is 5.32 Å². The van der Waals surface area contributed by atoms with Gasteiger partial charge < -0.3 is 10.2 Å². The first-order chi connectivity index (χ1) is 15.5. The van der Waals surface area contributed by atoms with E-state index in [9.17, 15) is 9.59 Å². The number of hydrogen-bond donors (Lipinski definition) is 1. The smallest absolute Gasteiger partial charge is 0.243 e. The van der Waals surface area contributed by atoms with Gasteiger partial charge in [0.15, 0.2) is 0 Å². The van der Waals surface area contributed by atoms with Gasteiger partial charge in [0.1, 0.15) is 6.04 Å². The first kappa shape index (κ1) is 23.8. The van der Waals surface area contributed by atoms with Crippen molar-refractivity contribution in [3.8, 4) is 0 Å². The highest BCUT2D eigenvalue weighted by molar-refractivity contribution is 6.42. The average molecular weight is 469 g/mol. The van der Waals surface area contributed by atoms with Gasteiger partial charge in [-0.1, -0.05) is 89.9 Å². The summed E-state index contributed by atoms with van der Waals surface area (Å²) in [5, 5.41) is 3.75. The van der Waals surface area contributed by atoms with E-state index in [0.717, 1.165) is 16.7 Å². The molecule has 3 aromatic carbocycles. The fourth-order valence-corrected chi connectivity index (χ4v) is 3.87. The van der Waals surface area contributed by atoms with Crippen LogP contribution in [0.2, 0.25) is 10.0 Å². The minimum absolute atomic E-state index is 0.130. The molecule has 0 unspecified atom stereocenters. The van der Waals surface area contributed by atoms with Crippen LogP contribution in [0.4, 0.5) is 0 Å². The maximum Gasteiger partial charge on any atom is 0.243 e. The van der Waals surface area contributed by atoms with Crippen LogP contribution >= 0.6 is 23.2 Å². The maximum absolute atomic E-state index is 13.5. The number of amides is 2. The fraction of sp³-hybridized carbons (Fsp3) is 0.231. The number of rotatable bonds is 9.